The summed E-state index contributed by atoms with van der Waals surface area (Å²) < 4.78 is 5.43. The molecule has 30 heavy (non-hydrogen) atoms. The summed E-state index contributed by atoms with van der Waals surface area (Å²) in [5, 5.41) is 32.9. The Bertz CT molecular complexity index is 817. The number of rotatable bonds is 9. The van der Waals surface area contributed by atoms with Crippen LogP contribution in [0.15, 0.2) is 64.7 Å². The van der Waals surface area contributed by atoms with Gasteiger partial charge in [0.15, 0.2) is 0 Å². The zero-order chi connectivity index (χ0) is 21.8. The van der Waals surface area contributed by atoms with E-state index in [9.17, 15) is 0 Å². The van der Waals surface area contributed by atoms with Gasteiger partial charge in [0.1, 0.15) is 5.76 Å². The summed E-state index contributed by atoms with van der Waals surface area (Å²) in [6.07, 6.45) is 19.5. The fraction of sp³-hybridized carbons (Fsp3) is 0.458. The Morgan fingerprint density at radius 1 is 1.33 bits per heavy atom. The maximum Gasteiger partial charge on any atom is 0.128 e. The van der Waals surface area contributed by atoms with Gasteiger partial charge in [-0.1, -0.05) is 36.7 Å². The van der Waals surface area contributed by atoms with Crippen molar-refractivity contribution < 1.29 is 9.94 Å². The number of methoxy groups -OCH3 is 1. The van der Waals surface area contributed by atoms with Crippen LogP contribution in [0.4, 0.5) is 0 Å². The lowest BCUT2D eigenvalue weighted by Gasteiger charge is -2.27. The molecule has 0 bridgehead atoms. The Kier molecular flexibility index (Phi) is 9.66. The fourth-order valence-electron chi connectivity index (χ4n) is 3.66. The van der Waals surface area contributed by atoms with E-state index in [-0.39, 0.29) is 0 Å². The monoisotopic (exact) mass is 408 g/mol. The summed E-state index contributed by atoms with van der Waals surface area (Å²) in [4.78, 5) is 0. The number of ether oxygens (including phenoxy) is 1. The molecular formula is C24H32N4O2. The molecular weight excluding hydrogens is 376 g/mol. The molecule has 0 spiro atoms. The Labute approximate surface area is 179 Å². The molecule has 0 heterocycles. The summed E-state index contributed by atoms with van der Waals surface area (Å²) in [7, 11) is 1.60. The van der Waals surface area contributed by atoms with Crippen LogP contribution in [0, 0.1) is 22.7 Å². The smallest absolute Gasteiger partial charge is 0.128 e. The summed E-state index contributed by atoms with van der Waals surface area (Å²) >= 11 is 0. The van der Waals surface area contributed by atoms with E-state index in [0.29, 0.717) is 35.6 Å². The average molecular weight is 409 g/mol. The van der Waals surface area contributed by atoms with E-state index in [1.807, 2.05) is 37.4 Å². The van der Waals surface area contributed by atoms with Crippen LogP contribution in [0.1, 0.15) is 51.9 Å². The lowest BCUT2D eigenvalue weighted by atomic mass is 9.84. The van der Waals surface area contributed by atoms with Crippen molar-refractivity contribution in [2.24, 2.45) is 11.1 Å². The summed E-state index contributed by atoms with van der Waals surface area (Å²) in [6, 6.07) is 2.66. The molecule has 160 valence electrons. The first-order valence-corrected chi connectivity index (χ1v) is 10.6. The van der Waals surface area contributed by atoms with E-state index in [1.165, 1.54) is 0 Å². The van der Waals surface area contributed by atoms with Crippen LogP contribution >= 0.6 is 0 Å². The normalized spacial score (nSPS) is 24.1. The second kappa shape index (κ2) is 12.5. The number of hydrogen-bond donors (Lipinski definition) is 3. The van der Waals surface area contributed by atoms with Gasteiger partial charge in [-0.3, -0.25) is 0 Å². The molecule has 1 fully saturated rings. The molecule has 6 nitrogen and oxygen atoms in total. The molecule has 6 heteroatoms. The van der Waals surface area contributed by atoms with Crippen LogP contribution in [0.3, 0.4) is 0 Å². The third-order valence-electron chi connectivity index (χ3n) is 5.41. The maximum absolute atomic E-state index is 8.98. The molecule has 0 amide bonds. The standard InChI is InChI=1S/C24H32N4O2/c1-3-6-22(28-29)8-5-4-7-19-15-20(23(26)16-24(19)30-2)17-27-21-11-9-18(10-12-21)13-14-25/h4-5,7-8,15-18,21,26-27,29H,3,6,9-13H2,1-2H3/b7-4+,8-5-,20-17-,26-23?,28-22+. The van der Waals surface area contributed by atoms with E-state index in [1.54, 1.807) is 19.3 Å². The lowest BCUT2D eigenvalue weighted by molar-refractivity contribution is 0.303. The van der Waals surface area contributed by atoms with Gasteiger partial charge in [0.25, 0.3) is 0 Å². The Morgan fingerprint density at radius 2 is 2.10 bits per heavy atom. The van der Waals surface area contributed by atoms with E-state index in [2.05, 4.69) is 16.5 Å². The Hall–Kier alpha value is -3.07. The minimum absolute atomic E-state index is 0.387. The van der Waals surface area contributed by atoms with Crippen LogP contribution in [0.2, 0.25) is 0 Å². The minimum atomic E-state index is 0.387. The van der Waals surface area contributed by atoms with Crippen molar-refractivity contribution in [3.05, 3.63) is 59.6 Å². The molecule has 2 aliphatic carbocycles. The van der Waals surface area contributed by atoms with Crippen molar-refractivity contribution in [3.63, 3.8) is 0 Å². The third kappa shape index (κ3) is 7.07. The molecule has 2 aliphatic rings. The molecule has 2 rings (SSSR count). The average Bonchev–Trinajstić information content (AvgIpc) is 2.76. The minimum Gasteiger partial charge on any atom is -0.496 e. The number of nitrogens with one attached hydrogen (secondary N) is 2. The second-order valence-electron chi connectivity index (χ2n) is 7.63. The van der Waals surface area contributed by atoms with Crippen LogP contribution in [-0.2, 0) is 4.74 Å². The van der Waals surface area contributed by atoms with Gasteiger partial charge >= 0.3 is 0 Å². The van der Waals surface area contributed by atoms with Crippen LogP contribution in [0.25, 0.3) is 0 Å². The van der Waals surface area contributed by atoms with Gasteiger partial charge in [0.05, 0.1) is 24.6 Å². The largest absolute Gasteiger partial charge is 0.496 e. The number of nitrogens with zero attached hydrogens (tertiary/aromatic N) is 2. The van der Waals surface area contributed by atoms with E-state index in [0.717, 1.165) is 49.7 Å². The molecule has 3 N–H and O–H groups in total. The highest BCUT2D eigenvalue weighted by molar-refractivity contribution is 6.10. The zero-order valence-corrected chi connectivity index (χ0v) is 17.9. The van der Waals surface area contributed by atoms with Crippen molar-refractivity contribution >= 4 is 11.4 Å². The molecule has 0 unspecified atom stereocenters. The van der Waals surface area contributed by atoms with Crippen LogP contribution in [0.5, 0.6) is 0 Å². The van der Waals surface area contributed by atoms with E-state index < -0.39 is 0 Å². The Morgan fingerprint density at radius 3 is 2.73 bits per heavy atom. The van der Waals surface area contributed by atoms with E-state index >= 15 is 0 Å². The molecule has 0 aliphatic heterocycles. The SMILES string of the molecule is CCCC(/C=C\C=C\C1=CC(=C/NC2CCC(CC#N)CC2)/C(=N)C=C1OC)=N\O. The maximum atomic E-state index is 8.98. The van der Waals surface area contributed by atoms with E-state index in [4.69, 9.17) is 20.6 Å². The third-order valence-corrected chi connectivity index (χ3v) is 5.41. The molecule has 0 aromatic heterocycles. The predicted octanol–water partition coefficient (Wildman–Crippen LogP) is 5.17. The van der Waals surface area contributed by atoms with Gasteiger partial charge in [-0.25, -0.2) is 0 Å². The van der Waals surface area contributed by atoms with Crippen LogP contribution < -0.4 is 5.32 Å². The lowest BCUT2D eigenvalue weighted by Crippen LogP contribution is -2.30. The van der Waals surface area contributed by atoms with Gasteiger partial charge < -0.3 is 20.7 Å². The molecule has 0 aromatic carbocycles. The zero-order valence-electron chi connectivity index (χ0n) is 17.9. The summed E-state index contributed by atoms with van der Waals surface area (Å²) in [5.41, 5.74) is 2.73. The highest BCUT2D eigenvalue weighted by Crippen LogP contribution is 2.27. The summed E-state index contributed by atoms with van der Waals surface area (Å²) in [5.74, 6) is 1.17. The van der Waals surface area contributed by atoms with Crippen molar-refractivity contribution in [2.45, 2.75) is 57.9 Å². The Balaban J connectivity index is 2.03. The van der Waals surface area contributed by atoms with Gasteiger partial charge in [0, 0.05) is 35.9 Å². The topological polar surface area (TPSA) is 101 Å². The highest BCUT2D eigenvalue weighted by atomic mass is 16.5. The van der Waals surface area contributed by atoms with Gasteiger partial charge in [-0.05, 0) is 50.2 Å². The van der Waals surface area contributed by atoms with Crippen molar-refractivity contribution in [3.8, 4) is 6.07 Å². The van der Waals surface area contributed by atoms with Crippen LogP contribution in [-0.4, -0.2) is 29.8 Å². The molecule has 1 saturated carbocycles. The molecule has 0 radical (unpaired) electrons. The van der Waals surface area contributed by atoms with Gasteiger partial charge in [-0.15, -0.1) is 0 Å². The fourth-order valence-corrected chi connectivity index (χ4v) is 3.66. The highest BCUT2D eigenvalue weighted by Gasteiger charge is 2.20. The van der Waals surface area contributed by atoms with Crippen molar-refractivity contribution in [1.82, 2.24) is 5.32 Å². The molecule has 0 aromatic rings. The molecule has 0 atom stereocenters. The first-order valence-electron chi connectivity index (χ1n) is 10.6. The summed E-state index contributed by atoms with van der Waals surface area (Å²) in [6.45, 7) is 2.03. The molecule has 0 saturated heterocycles. The second-order valence-corrected chi connectivity index (χ2v) is 7.63. The number of allylic oxidation sites excluding steroid dienone is 7. The van der Waals surface area contributed by atoms with Gasteiger partial charge in [0.2, 0.25) is 0 Å². The quantitative estimate of drug-likeness (QED) is 0.212. The predicted molar refractivity (Wildman–Crippen MR) is 121 cm³/mol. The van der Waals surface area contributed by atoms with Gasteiger partial charge in [-0.2, -0.15) is 5.26 Å². The first kappa shape index (κ1) is 23.2. The van der Waals surface area contributed by atoms with Crippen molar-refractivity contribution in [1.29, 1.82) is 10.7 Å². The number of nitriles is 1. The van der Waals surface area contributed by atoms with Crippen molar-refractivity contribution in [2.75, 3.05) is 7.11 Å². The number of oxime groups is 1. The number of hydrogen-bond acceptors (Lipinski definition) is 6. The first-order chi connectivity index (χ1) is 14.6.